The lowest BCUT2D eigenvalue weighted by molar-refractivity contribution is 0.443. The quantitative estimate of drug-likeness (QED) is 0.486. The molecule has 1 atom stereocenters. The summed E-state index contributed by atoms with van der Waals surface area (Å²) in [4.78, 5) is 0. The number of hydrogen-bond donors (Lipinski definition) is 0. The Kier molecular flexibility index (Phi) is 4.87. The Bertz CT molecular complexity index is 1140. The van der Waals surface area contributed by atoms with Gasteiger partial charge in [0.2, 0.25) is 0 Å². The molecule has 2 aromatic rings. The highest BCUT2D eigenvalue weighted by Crippen LogP contribution is 2.42. The smallest absolute Gasteiger partial charge is 0.0281 e. The maximum Gasteiger partial charge on any atom is 0.0281 e. The van der Waals surface area contributed by atoms with Gasteiger partial charge in [0.05, 0.1) is 0 Å². The van der Waals surface area contributed by atoms with E-state index < -0.39 is 0 Å². The van der Waals surface area contributed by atoms with Crippen molar-refractivity contribution in [1.29, 1.82) is 0 Å². The highest BCUT2D eigenvalue weighted by Gasteiger charge is 2.26. The molecule has 0 heteroatoms. The summed E-state index contributed by atoms with van der Waals surface area (Å²) in [5.41, 5.74) is 11.6. The molecule has 154 valence electrons. The largest absolute Gasteiger partial charge is 0.0795 e. The van der Waals surface area contributed by atoms with E-state index in [0.29, 0.717) is 5.92 Å². The van der Waals surface area contributed by atoms with Gasteiger partial charge in [-0.25, -0.2) is 0 Å². The summed E-state index contributed by atoms with van der Waals surface area (Å²) in [6.07, 6.45) is 25.2. The summed E-state index contributed by atoms with van der Waals surface area (Å²) >= 11 is 0. The molecule has 0 radical (unpaired) electrons. The second-order valence-corrected chi connectivity index (χ2v) is 9.57. The summed E-state index contributed by atoms with van der Waals surface area (Å²) in [6, 6.07) is 16.5. The van der Waals surface area contributed by atoms with Crippen LogP contribution in [-0.2, 0) is 12.8 Å². The molecule has 1 unspecified atom stereocenters. The summed E-state index contributed by atoms with van der Waals surface area (Å²) in [5.74, 6) is 1.18. The van der Waals surface area contributed by atoms with Gasteiger partial charge in [0.15, 0.2) is 0 Å². The second-order valence-electron chi connectivity index (χ2n) is 9.57. The van der Waals surface area contributed by atoms with Crippen molar-refractivity contribution >= 4 is 11.6 Å². The predicted octanol–water partition coefficient (Wildman–Crippen LogP) is 7.98. The van der Waals surface area contributed by atoms with Crippen LogP contribution >= 0.6 is 0 Å². The number of hydrogen-bond acceptors (Lipinski definition) is 0. The Labute approximate surface area is 186 Å². The standard InChI is InChI=1S/C31H30/c1-2-6-23(7-3-1)25-14-12-22(13-15-25)20-27-18-19-30(31-11-5-10-29(27)31)28-17-16-24-8-4-9-26(24)21-28/h4-5,8,10-19,21,23,31H,1-3,6-7,9,20H2. The maximum absolute atomic E-state index is 2.40. The molecule has 4 aliphatic carbocycles. The average molecular weight is 403 g/mol. The first-order valence-corrected chi connectivity index (χ1v) is 12.0. The Hall–Kier alpha value is -2.86. The van der Waals surface area contributed by atoms with Gasteiger partial charge >= 0.3 is 0 Å². The fourth-order valence-electron chi connectivity index (χ4n) is 5.88. The topological polar surface area (TPSA) is 0 Å². The van der Waals surface area contributed by atoms with E-state index in [2.05, 4.69) is 85.0 Å². The lowest BCUT2D eigenvalue weighted by Gasteiger charge is -2.25. The SMILES string of the molecule is C1=CC2C(=C1)C(Cc1ccc(C3CCCCC3)cc1)=CC=C2c1ccc2c(c1)CC=C2. The van der Waals surface area contributed by atoms with Crippen LogP contribution in [0.2, 0.25) is 0 Å². The van der Waals surface area contributed by atoms with Gasteiger partial charge in [0.1, 0.15) is 0 Å². The van der Waals surface area contributed by atoms with Crippen molar-refractivity contribution in [2.24, 2.45) is 5.92 Å². The Morgan fingerprint density at radius 3 is 2.55 bits per heavy atom. The lowest BCUT2D eigenvalue weighted by atomic mass is 9.79. The van der Waals surface area contributed by atoms with Crippen LogP contribution in [0, 0.1) is 5.92 Å². The molecular weight excluding hydrogens is 372 g/mol. The molecule has 0 spiro atoms. The van der Waals surface area contributed by atoms with E-state index in [1.807, 2.05) is 0 Å². The Morgan fingerprint density at radius 1 is 0.806 bits per heavy atom. The molecule has 0 bridgehead atoms. The van der Waals surface area contributed by atoms with E-state index >= 15 is 0 Å². The zero-order valence-corrected chi connectivity index (χ0v) is 18.2. The van der Waals surface area contributed by atoms with Gasteiger partial charge in [-0.05, 0) is 76.1 Å². The van der Waals surface area contributed by atoms with Crippen molar-refractivity contribution in [2.75, 3.05) is 0 Å². The van der Waals surface area contributed by atoms with Crippen molar-refractivity contribution in [2.45, 2.75) is 50.9 Å². The van der Waals surface area contributed by atoms with E-state index in [9.17, 15) is 0 Å². The van der Waals surface area contributed by atoms with E-state index in [-0.39, 0.29) is 0 Å². The summed E-state index contributed by atoms with van der Waals surface area (Å²) < 4.78 is 0. The molecule has 0 saturated heterocycles. The normalized spacial score (nSPS) is 22.1. The van der Waals surface area contributed by atoms with Crippen molar-refractivity contribution in [1.82, 2.24) is 0 Å². The predicted molar refractivity (Wildman–Crippen MR) is 132 cm³/mol. The van der Waals surface area contributed by atoms with Crippen LogP contribution in [0.5, 0.6) is 0 Å². The molecular formula is C31H30. The minimum atomic E-state index is 0.397. The second kappa shape index (κ2) is 8.00. The van der Waals surface area contributed by atoms with E-state index in [4.69, 9.17) is 0 Å². The van der Waals surface area contributed by atoms with E-state index in [0.717, 1.165) is 18.8 Å². The summed E-state index contributed by atoms with van der Waals surface area (Å²) in [7, 11) is 0. The van der Waals surface area contributed by atoms with Crippen LogP contribution < -0.4 is 0 Å². The van der Waals surface area contributed by atoms with Crippen molar-refractivity contribution in [3.8, 4) is 0 Å². The lowest BCUT2D eigenvalue weighted by Crippen LogP contribution is -2.10. The van der Waals surface area contributed by atoms with Gasteiger partial charge < -0.3 is 0 Å². The van der Waals surface area contributed by atoms with Gasteiger partial charge in [-0.3, -0.25) is 0 Å². The van der Waals surface area contributed by atoms with E-state index in [1.165, 1.54) is 71.1 Å². The van der Waals surface area contributed by atoms with Gasteiger partial charge in [0.25, 0.3) is 0 Å². The molecule has 1 saturated carbocycles. The highest BCUT2D eigenvalue weighted by molar-refractivity contribution is 5.80. The minimum Gasteiger partial charge on any atom is -0.0795 e. The molecule has 0 amide bonds. The Morgan fingerprint density at radius 2 is 1.68 bits per heavy atom. The third-order valence-corrected chi connectivity index (χ3v) is 7.65. The van der Waals surface area contributed by atoms with Crippen LogP contribution in [0.3, 0.4) is 0 Å². The third-order valence-electron chi connectivity index (χ3n) is 7.65. The maximum atomic E-state index is 2.40. The molecule has 1 fully saturated rings. The van der Waals surface area contributed by atoms with Crippen LogP contribution in [0.1, 0.15) is 65.8 Å². The molecule has 2 aromatic carbocycles. The average Bonchev–Trinajstić information content (AvgIpc) is 3.50. The van der Waals surface area contributed by atoms with Gasteiger partial charge in [-0.2, -0.15) is 0 Å². The minimum absolute atomic E-state index is 0.397. The fourth-order valence-corrected chi connectivity index (χ4v) is 5.88. The fraction of sp³-hybridized carbons (Fsp3) is 0.290. The molecule has 0 aliphatic heterocycles. The molecule has 6 rings (SSSR count). The molecule has 0 N–H and O–H groups in total. The number of benzene rings is 2. The van der Waals surface area contributed by atoms with Crippen molar-refractivity contribution < 1.29 is 0 Å². The first-order valence-electron chi connectivity index (χ1n) is 12.0. The molecule has 0 heterocycles. The van der Waals surface area contributed by atoms with Gasteiger partial charge in [-0.1, -0.05) is 104 Å². The summed E-state index contributed by atoms with van der Waals surface area (Å²) in [5, 5.41) is 0. The number of fused-ring (bicyclic) bond motifs is 2. The molecule has 4 aliphatic rings. The third kappa shape index (κ3) is 3.59. The van der Waals surface area contributed by atoms with Crippen molar-refractivity contribution in [3.63, 3.8) is 0 Å². The van der Waals surface area contributed by atoms with Crippen LogP contribution in [0.4, 0.5) is 0 Å². The van der Waals surface area contributed by atoms with Gasteiger partial charge in [0, 0.05) is 5.92 Å². The van der Waals surface area contributed by atoms with Crippen LogP contribution in [0.25, 0.3) is 11.6 Å². The Balaban J connectivity index is 1.24. The first-order chi connectivity index (χ1) is 15.3. The number of allylic oxidation sites excluding steroid dienone is 9. The molecule has 0 aromatic heterocycles. The molecule has 31 heavy (non-hydrogen) atoms. The monoisotopic (exact) mass is 402 g/mol. The van der Waals surface area contributed by atoms with Crippen molar-refractivity contribution in [3.05, 3.63) is 118 Å². The molecule has 0 nitrogen and oxygen atoms in total. The van der Waals surface area contributed by atoms with Crippen LogP contribution in [0.15, 0.2) is 90.1 Å². The van der Waals surface area contributed by atoms with Gasteiger partial charge in [-0.15, -0.1) is 0 Å². The number of rotatable bonds is 4. The first kappa shape index (κ1) is 18.9. The zero-order chi connectivity index (χ0) is 20.6. The van der Waals surface area contributed by atoms with Crippen LogP contribution in [-0.4, -0.2) is 0 Å². The highest BCUT2D eigenvalue weighted by atomic mass is 14.3. The van der Waals surface area contributed by atoms with E-state index in [1.54, 1.807) is 5.56 Å². The zero-order valence-electron chi connectivity index (χ0n) is 18.2. The summed E-state index contributed by atoms with van der Waals surface area (Å²) in [6.45, 7) is 0.